The number of aliphatic hydroxyl groups excluding tert-OH is 1. The summed E-state index contributed by atoms with van der Waals surface area (Å²) in [7, 11) is 1.70. The van der Waals surface area contributed by atoms with Gasteiger partial charge in [-0.1, -0.05) is 12.1 Å². The summed E-state index contributed by atoms with van der Waals surface area (Å²) >= 11 is 1.56. The maximum absolute atomic E-state index is 12.4. The first-order chi connectivity index (χ1) is 15.1. The van der Waals surface area contributed by atoms with Crippen molar-refractivity contribution in [3.63, 3.8) is 0 Å². The number of thiophene rings is 1. The van der Waals surface area contributed by atoms with Crippen molar-refractivity contribution in [3.8, 4) is 5.75 Å². The first-order valence-corrected chi connectivity index (χ1v) is 11.7. The minimum atomic E-state index is -0.456. The monoisotopic (exact) mass is 445 g/mol. The van der Waals surface area contributed by atoms with Crippen LogP contribution in [0.25, 0.3) is 0 Å². The maximum Gasteiger partial charge on any atom is 0.261 e. The number of ether oxygens (including phenoxy) is 2. The first-order valence-electron chi connectivity index (χ1n) is 10.9. The summed E-state index contributed by atoms with van der Waals surface area (Å²) in [6.45, 7) is 6.01. The second-order valence-corrected chi connectivity index (χ2v) is 9.16. The lowest BCUT2D eigenvalue weighted by Gasteiger charge is -2.37. The fourth-order valence-corrected chi connectivity index (χ4v) is 5.22. The number of rotatable bonds is 8. The largest absolute Gasteiger partial charge is 0.495 e. The molecule has 0 bridgehead atoms. The van der Waals surface area contributed by atoms with Crippen LogP contribution in [-0.4, -0.2) is 75.0 Å². The molecule has 0 unspecified atom stereocenters. The molecule has 4 rings (SSSR count). The second kappa shape index (κ2) is 10.5. The van der Waals surface area contributed by atoms with Crippen molar-refractivity contribution >= 4 is 22.9 Å². The van der Waals surface area contributed by atoms with Gasteiger partial charge in [-0.05, 0) is 30.2 Å². The number of anilines is 1. The molecule has 8 heteroatoms. The van der Waals surface area contributed by atoms with Gasteiger partial charge in [-0.15, -0.1) is 11.3 Å². The van der Waals surface area contributed by atoms with E-state index in [1.807, 2.05) is 24.3 Å². The van der Waals surface area contributed by atoms with E-state index in [1.165, 1.54) is 4.88 Å². The van der Waals surface area contributed by atoms with Gasteiger partial charge in [0, 0.05) is 50.6 Å². The zero-order chi connectivity index (χ0) is 21.6. The predicted octanol–water partition coefficient (Wildman–Crippen LogP) is 2.13. The number of β-amino-alcohol motifs (C(OH)–C–C–N with tert-alkyl or cyclic N) is 1. The Morgan fingerprint density at radius 3 is 2.87 bits per heavy atom. The molecule has 0 spiro atoms. The Morgan fingerprint density at radius 1 is 1.29 bits per heavy atom. The van der Waals surface area contributed by atoms with Gasteiger partial charge in [0.05, 0.1) is 37.0 Å². The van der Waals surface area contributed by atoms with E-state index < -0.39 is 6.10 Å². The third-order valence-corrected chi connectivity index (χ3v) is 7.12. The highest BCUT2D eigenvalue weighted by Crippen LogP contribution is 2.28. The molecule has 168 valence electrons. The van der Waals surface area contributed by atoms with Crippen LogP contribution < -0.4 is 15.0 Å². The van der Waals surface area contributed by atoms with Crippen LogP contribution in [0.3, 0.4) is 0 Å². The summed E-state index contributed by atoms with van der Waals surface area (Å²) in [6.07, 6.45) is 0.978. The number of aliphatic hydroxyl groups is 1. The van der Waals surface area contributed by atoms with Crippen LogP contribution in [0.15, 0.2) is 30.3 Å². The number of nitrogens with zero attached hydrogens (tertiary/aromatic N) is 2. The summed E-state index contributed by atoms with van der Waals surface area (Å²) in [5, 5.41) is 13.4. The van der Waals surface area contributed by atoms with Crippen LogP contribution in [-0.2, 0) is 17.8 Å². The van der Waals surface area contributed by atoms with Crippen molar-refractivity contribution in [1.29, 1.82) is 0 Å². The predicted molar refractivity (Wildman–Crippen MR) is 122 cm³/mol. The van der Waals surface area contributed by atoms with Crippen molar-refractivity contribution in [2.24, 2.45) is 0 Å². The Balaban J connectivity index is 1.17. The van der Waals surface area contributed by atoms with Crippen molar-refractivity contribution in [3.05, 3.63) is 45.6 Å². The van der Waals surface area contributed by atoms with E-state index in [-0.39, 0.29) is 5.91 Å². The highest BCUT2D eigenvalue weighted by atomic mass is 32.1. The Hall–Kier alpha value is -2.13. The van der Waals surface area contributed by atoms with Crippen LogP contribution >= 0.6 is 11.3 Å². The van der Waals surface area contributed by atoms with Gasteiger partial charge in [0.1, 0.15) is 5.75 Å². The summed E-state index contributed by atoms with van der Waals surface area (Å²) in [6, 6.07) is 10.0. The maximum atomic E-state index is 12.4. The molecule has 2 aromatic rings. The third kappa shape index (κ3) is 5.57. The van der Waals surface area contributed by atoms with Crippen molar-refractivity contribution in [1.82, 2.24) is 10.2 Å². The smallest absolute Gasteiger partial charge is 0.261 e. The van der Waals surface area contributed by atoms with E-state index in [1.54, 1.807) is 18.4 Å². The molecule has 1 aromatic carbocycles. The number of nitrogens with one attached hydrogen (secondary N) is 1. The van der Waals surface area contributed by atoms with Gasteiger partial charge < -0.3 is 24.8 Å². The Kier molecular flexibility index (Phi) is 7.45. The van der Waals surface area contributed by atoms with E-state index in [0.717, 1.165) is 61.1 Å². The van der Waals surface area contributed by atoms with E-state index in [4.69, 9.17) is 9.47 Å². The van der Waals surface area contributed by atoms with Gasteiger partial charge in [-0.3, -0.25) is 9.69 Å². The lowest BCUT2D eigenvalue weighted by molar-refractivity contribution is 0.0905. The van der Waals surface area contributed by atoms with Gasteiger partial charge in [0.2, 0.25) is 0 Å². The fourth-order valence-electron chi connectivity index (χ4n) is 4.15. The van der Waals surface area contributed by atoms with Crippen LogP contribution in [0.1, 0.15) is 26.5 Å². The summed E-state index contributed by atoms with van der Waals surface area (Å²) in [4.78, 5) is 19.0. The van der Waals surface area contributed by atoms with Gasteiger partial charge in [0.25, 0.3) is 5.91 Å². The number of carbonyl (C=O) groups is 1. The molecule has 1 saturated heterocycles. The topological polar surface area (TPSA) is 74.3 Å². The number of carbonyl (C=O) groups excluding carboxylic acids is 1. The quantitative estimate of drug-likeness (QED) is 0.649. The van der Waals surface area contributed by atoms with E-state index in [0.29, 0.717) is 26.1 Å². The molecule has 1 amide bonds. The molecule has 1 aromatic heterocycles. The molecule has 1 atom stereocenters. The molecule has 1 fully saturated rings. The summed E-state index contributed by atoms with van der Waals surface area (Å²) in [5.74, 6) is 0.836. The Morgan fingerprint density at radius 2 is 2.10 bits per heavy atom. The second-order valence-electron chi connectivity index (χ2n) is 8.02. The number of fused-ring (bicyclic) bond motifs is 1. The minimum Gasteiger partial charge on any atom is -0.495 e. The standard InChI is InChI=1S/C23H31N3O4S/c1-29-20-5-3-2-4-19(20)26-11-9-25(10-12-26)15-18(27)6-8-24-23(28)22-14-17-16-30-13-7-21(17)31-22/h2-5,14,18,27H,6-13,15-16H2,1H3,(H,24,28)/t18-/m1/s1. The third-order valence-electron chi connectivity index (χ3n) is 5.88. The van der Waals surface area contributed by atoms with Crippen LogP contribution in [0, 0.1) is 0 Å². The number of piperazine rings is 1. The van der Waals surface area contributed by atoms with Gasteiger partial charge >= 0.3 is 0 Å². The molecule has 0 radical (unpaired) electrons. The van der Waals surface area contributed by atoms with E-state index >= 15 is 0 Å². The van der Waals surface area contributed by atoms with E-state index in [9.17, 15) is 9.90 Å². The normalized spacial score (nSPS) is 17.8. The lowest BCUT2D eigenvalue weighted by Crippen LogP contribution is -2.49. The molecule has 2 aliphatic heterocycles. The lowest BCUT2D eigenvalue weighted by atomic mass is 10.2. The Labute approximate surface area is 187 Å². The number of para-hydroxylation sites is 2. The number of hydrogen-bond donors (Lipinski definition) is 2. The average Bonchev–Trinajstić information content (AvgIpc) is 3.24. The zero-order valence-corrected chi connectivity index (χ0v) is 18.8. The minimum absolute atomic E-state index is 0.0583. The Bertz CT molecular complexity index is 856. The number of methoxy groups -OCH3 is 1. The molecule has 0 saturated carbocycles. The average molecular weight is 446 g/mol. The molecule has 3 heterocycles. The molecule has 2 N–H and O–H groups in total. The summed E-state index contributed by atoms with van der Waals surface area (Å²) in [5.41, 5.74) is 2.25. The molecule has 31 heavy (non-hydrogen) atoms. The van der Waals surface area contributed by atoms with Gasteiger partial charge in [-0.25, -0.2) is 0 Å². The van der Waals surface area contributed by atoms with Crippen molar-refractivity contribution in [2.45, 2.75) is 25.6 Å². The van der Waals surface area contributed by atoms with E-state index in [2.05, 4.69) is 21.2 Å². The van der Waals surface area contributed by atoms with Crippen molar-refractivity contribution in [2.75, 3.05) is 57.9 Å². The summed E-state index contributed by atoms with van der Waals surface area (Å²) < 4.78 is 10.9. The number of amides is 1. The zero-order valence-electron chi connectivity index (χ0n) is 18.0. The van der Waals surface area contributed by atoms with Gasteiger partial charge in [-0.2, -0.15) is 0 Å². The van der Waals surface area contributed by atoms with Crippen LogP contribution in [0.4, 0.5) is 5.69 Å². The SMILES string of the molecule is COc1ccccc1N1CCN(C[C@H](O)CCNC(=O)c2cc3c(s2)CCOC3)CC1. The molecular weight excluding hydrogens is 414 g/mol. The highest BCUT2D eigenvalue weighted by Gasteiger charge is 2.22. The van der Waals surface area contributed by atoms with Crippen LogP contribution in [0.2, 0.25) is 0 Å². The van der Waals surface area contributed by atoms with Gasteiger partial charge in [0.15, 0.2) is 0 Å². The highest BCUT2D eigenvalue weighted by molar-refractivity contribution is 7.14. The van der Waals surface area contributed by atoms with Crippen molar-refractivity contribution < 1.29 is 19.4 Å². The molecule has 2 aliphatic rings. The number of hydrogen-bond acceptors (Lipinski definition) is 7. The molecule has 7 nitrogen and oxygen atoms in total. The number of benzene rings is 1. The first kappa shape index (κ1) is 22.1. The molecule has 0 aliphatic carbocycles. The van der Waals surface area contributed by atoms with Crippen LogP contribution in [0.5, 0.6) is 5.75 Å². The fraction of sp³-hybridized carbons (Fsp3) is 0.522. The molecular formula is C23H31N3O4S.